The van der Waals surface area contributed by atoms with E-state index in [-0.39, 0.29) is 11.5 Å². The van der Waals surface area contributed by atoms with Gasteiger partial charge in [0.25, 0.3) is 5.91 Å². The molecule has 7 nitrogen and oxygen atoms in total. The number of amides is 1. The third-order valence-corrected chi connectivity index (χ3v) is 5.58. The number of carboxylic acids is 1. The molecule has 1 aliphatic rings. The van der Waals surface area contributed by atoms with Gasteiger partial charge in [-0.1, -0.05) is 48.5 Å². The molecular weight excluding hydrogens is 444 g/mol. The van der Waals surface area contributed by atoms with Crippen LogP contribution in [-0.2, 0) is 4.79 Å². The number of carboxylic acid groups (broad SMARTS) is 1. The number of hydrazone groups is 1. The molecule has 35 heavy (non-hydrogen) atoms. The summed E-state index contributed by atoms with van der Waals surface area (Å²) in [6.45, 7) is 0. The van der Waals surface area contributed by atoms with E-state index in [0.29, 0.717) is 39.8 Å². The van der Waals surface area contributed by atoms with Crippen LogP contribution in [0.4, 0.5) is 5.69 Å². The van der Waals surface area contributed by atoms with Crippen molar-refractivity contribution in [3.63, 3.8) is 0 Å². The number of rotatable bonds is 6. The molecule has 7 heteroatoms. The normalized spacial score (nSPS) is 14.3. The standard InChI is InChI=1S/C28H20N2O5/c1-34-20-13-11-19(12-14-20)30-27(31)24(26(29-30)18-7-3-2-4-8-18)17-21-15-16-25(35-21)22-9-5-6-10-23(22)28(32)33/h2-17H,1H3,(H,32,33)/b24-17-. The number of hydrogen-bond donors (Lipinski definition) is 1. The molecule has 172 valence electrons. The van der Waals surface area contributed by atoms with Crippen LogP contribution < -0.4 is 9.75 Å². The van der Waals surface area contributed by atoms with Crippen LogP contribution in [0.1, 0.15) is 21.7 Å². The molecule has 4 aromatic rings. The lowest BCUT2D eigenvalue weighted by atomic mass is 10.0. The average Bonchev–Trinajstić information content (AvgIpc) is 3.49. The van der Waals surface area contributed by atoms with E-state index in [2.05, 4.69) is 5.10 Å². The van der Waals surface area contributed by atoms with Crippen molar-refractivity contribution >= 4 is 29.4 Å². The summed E-state index contributed by atoms with van der Waals surface area (Å²) in [7, 11) is 1.58. The van der Waals surface area contributed by atoms with E-state index >= 15 is 0 Å². The lowest BCUT2D eigenvalue weighted by Crippen LogP contribution is -2.21. The monoisotopic (exact) mass is 464 g/mol. The predicted molar refractivity (Wildman–Crippen MR) is 133 cm³/mol. The van der Waals surface area contributed by atoms with Crippen LogP contribution in [0, 0.1) is 0 Å². The van der Waals surface area contributed by atoms with Crippen LogP contribution >= 0.6 is 0 Å². The number of hydrogen-bond acceptors (Lipinski definition) is 5. The highest BCUT2D eigenvalue weighted by Gasteiger charge is 2.32. The molecule has 5 rings (SSSR count). The fraction of sp³-hybridized carbons (Fsp3) is 0.0357. The Morgan fingerprint density at radius 3 is 2.37 bits per heavy atom. The Morgan fingerprint density at radius 1 is 0.943 bits per heavy atom. The first kappa shape index (κ1) is 21.9. The van der Waals surface area contributed by atoms with E-state index < -0.39 is 5.97 Å². The van der Waals surface area contributed by atoms with Gasteiger partial charge in [0.15, 0.2) is 0 Å². The number of ether oxygens (including phenoxy) is 1. The lowest BCUT2D eigenvalue weighted by Gasteiger charge is -2.11. The highest BCUT2D eigenvalue weighted by Crippen LogP contribution is 2.31. The van der Waals surface area contributed by atoms with Crippen molar-refractivity contribution in [1.29, 1.82) is 0 Å². The SMILES string of the molecule is COc1ccc(N2N=C(c3ccccc3)/C(=C/c3ccc(-c4ccccc4C(=O)O)o3)C2=O)cc1. The zero-order valence-electron chi connectivity index (χ0n) is 18.7. The first-order valence-corrected chi connectivity index (χ1v) is 10.8. The molecule has 0 fully saturated rings. The van der Waals surface area contributed by atoms with Gasteiger partial charge in [-0.15, -0.1) is 0 Å². The molecule has 2 heterocycles. The highest BCUT2D eigenvalue weighted by molar-refractivity contribution is 6.37. The van der Waals surface area contributed by atoms with Gasteiger partial charge in [-0.05, 0) is 48.5 Å². The number of carbonyl (C=O) groups excluding carboxylic acids is 1. The maximum absolute atomic E-state index is 13.5. The van der Waals surface area contributed by atoms with Crippen LogP contribution in [0.5, 0.6) is 5.75 Å². The van der Waals surface area contributed by atoms with Gasteiger partial charge in [-0.25, -0.2) is 4.79 Å². The minimum atomic E-state index is -1.04. The van der Waals surface area contributed by atoms with E-state index in [1.54, 1.807) is 67.8 Å². The zero-order chi connectivity index (χ0) is 24.4. The van der Waals surface area contributed by atoms with Gasteiger partial charge in [0.1, 0.15) is 23.0 Å². The number of aromatic carboxylic acids is 1. The van der Waals surface area contributed by atoms with Gasteiger partial charge >= 0.3 is 5.97 Å². The van der Waals surface area contributed by atoms with Crippen molar-refractivity contribution in [2.24, 2.45) is 5.10 Å². The summed E-state index contributed by atoms with van der Waals surface area (Å²) in [6, 6.07) is 26.5. The summed E-state index contributed by atoms with van der Waals surface area (Å²) in [5.74, 6) is 0.122. The second kappa shape index (κ2) is 9.15. The van der Waals surface area contributed by atoms with Crippen LogP contribution in [0.15, 0.2) is 106 Å². The van der Waals surface area contributed by atoms with E-state index in [1.807, 2.05) is 30.3 Å². The molecule has 1 aliphatic heterocycles. The van der Waals surface area contributed by atoms with Crippen LogP contribution in [-0.4, -0.2) is 29.8 Å². The molecule has 0 unspecified atom stereocenters. The number of carbonyl (C=O) groups is 2. The summed E-state index contributed by atoms with van der Waals surface area (Å²) < 4.78 is 11.2. The van der Waals surface area contributed by atoms with Gasteiger partial charge in [0.2, 0.25) is 0 Å². The second-order valence-electron chi connectivity index (χ2n) is 7.74. The fourth-order valence-electron chi connectivity index (χ4n) is 3.85. The number of furan rings is 1. The molecule has 1 amide bonds. The summed E-state index contributed by atoms with van der Waals surface area (Å²) in [5, 5.41) is 15.5. The molecule has 0 aliphatic carbocycles. The molecule has 1 N–H and O–H groups in total. The lowest BCUT2D eigenvalue weighted by molar-refractivity contribution is -0.114. The Labute approximate surface area is 201 Å². The third-order valence-electron chi connectivity index (χ3n) is 5.58. The highest BCUT2D eigenvalue weighted by atomic mass is 16.5. The van der Waals surface area contributed by atoms with Crippen molar-refractivity contribution in [1.82, 2.24) is 0 Å². The van der Waals surface area contributed by atoms with Crippen LogP contribution in [0.25, 0.3) is 17.4 Å². The molecule has 3 aromatic carbocycles. The number of methoxy groups -OCH3 is 1. The minimum absolute atomic E-state index is 0.134. The molecule has 1 aromatic heterocycles. The second-order valence-corrected chi connectivity index (χ2v) is 7.74. The van der Waals surface area contributed by atoms with Crippen molar-refractivity contribution in [2.45, 2.75) is 0 Å². The summed E-state index contributed by atoms with van der Waals surface area (Å²) in [4.78, 5) is 25.1. The first-order valence-electron chi connectivity index (χ1n) is 10.8. The van der Waals surface area contributed by atoms with E-state index in [0.717, 1.165) is 5.56 Å². The molecule has 0 radical (unpaired) electrons. The Balaban J connectivity index is 1.55. The van der Waals surface area contributed by atoms with Crippen molar-refractivity contribution in [3.05, 3.63) is 113 Å². The third kappa shape index (κ3) is 4.22. The minimum Gasteiger partial charge on any atom is -0.497 e. The largest absolute Gasteiger partial charge is 0.497 e. The van der Waals surface area contributed by atoms with Gasteiger partial charge < -0.3 is 14.3 Å². The van der Waals surface area contributed by atoms with E-state index in [4.69, 9.17) is 9.15 Å². The maximum atomic E-state index is 13.5. The maximum Gasteiger partial charge on any atom is 0.336 e. The number of benzene rings is 3. The average molecular weight is 464 g/mol. The fourth-order valence-corrected chi connectivity index (χ4v) is 3.85. The molecular formula is C28H20N2O5. The Morgan fingerprint density at radius 2 is 1.66 bits per heavy atom. The van der Waals surface area contributed by atoms with Crippen LogP contribution in [0.2, 0.25) is 0 Å². The van der Waals surface area contributed by atoms with Crippen LogP contribution in [0.3, 0.4) is 0 Å². The van der Waals surface area contributed by atoms with Gasteiger partial charge in [0.05, 0.1) is 23.9 Å². The first-order chi connectivity index (χ1) is 17.0. The van der Waals surface area contributed by atoms with Gasteiger partial charge in [0, 0.05) is 11.1 Å². The van der Waals surface area contributed by atoms with Gasteiger partial charge in [-0.3, -0.25) is 4.79 Å². The van der Waals surface area contributed by atoms with Crippen molar-refractivity contribution in [3.8, 4) is 17.1 Å². The molecule has 0 saturated heterocycles. The zero-order valence-corrected chi connectivity index (χ0v) is 18.7. The van der Waals surface area contributed by atoms with Crippen molar-refractivity contribution < 1.29 is 23.8 Å². The van der Waals surface area contributed by atoms with E-state index in [1.165, 1.54) is 11.1 Å². The van der Waals surface area contributed by atoms with Gasteiger partial charge in [-0.2, -0.15) is 10.1 Å². The summed E-state index contributed by atoms with van der Waals surface area (Å²) >= 11 is 0. The Bertz CT molecular complexity index is 1470. The molecule has 0 saturated carbocycles. The Kier molecular flexibility index (Phi) is 5.73. The molecule has 0 spiro atoms. The van der Waals surface area contributed by atoms with Crippen molar-refractivity contribution in [2.75, 3.05) is 12.1 Å². The summed E-state index contributed by atoms with van der Waals surface area (Å²) in [6.07, 6.45) is 1.63. The molecule has 0 atom stereocenters. The predicted octanol–water partition coefficient (Wildman–Crippen LogP) is 5.49. The smallest absolute Gasteiger partial charge is 0.336 e. The quantitative estimate of drug-likeness (QED) is 0.381. The number of anilines is 1. The summed E-state index contributed by atoms with van der Waals surface area (Å²) in [5.41, 5.74) is 2.85. The topological polar surface area (TPSA) is 92.3 Å². The molecule has 0 bridgehead atoms. The number of nitrogens with zero attached hydrogens (tertiary/aromatic N) is 2. The Hall–Kier alpha value is -4.91. The van der Waals surface area contributed by atoms with E-state index in [9.17, 15) is 14.7 Å².